The van der Waals surface area contributed by atoms with E-state index in [0.717, 1.165) is 6.07 Å². The predicted octanol–water partition coefficient (Wildman–Crippen LogP) is 0.518. The Morgan fingerprint density at radius 1 is 1.55 bits per heavy atom. The molecule has 3 nitrogen and oxygen atoms in total. The van der Waals surface area contributed by atoms with E-state index >= 15 is 0 Å². The Labute approximate surface area is 60.2 Å². The zero-order chi connectivity index (χ0) is 8.48. The van der Waals surface area contributed by atoms with Crippen LogP contribution in [0.4, 0.5) is 19.1 Å². The Morgan fingerprint density at radius 2 is 2.18 bits per heavy atom. The lowest BCUT2D eigenvalue weighted by molar-refractivity contribution is -0.554. The Balaban J connectivity index is 2.89. The van der Waals surface area contributed by atoms with Crippen LogP contribution in [0.5, 0.6) is 0 Å². The first kappa shape index (κ1) is 8.06. The maximum absolute atomic E-state index is 11.8. The van der Waals surface area contributed by atoms with E-state index in [-0.39, 0.29) is 5.88 Å². The minimum atomic E-state index is -4.41. The molecule has 0 aromatic carbocycles. The van der Waals surface area contributed by atoms with Crippen LogP contribution in [-0.4, -0.2) is 12.2 Å². The van der Waals surface area contributed by atoms with Gasteiger partial charge in [0.2, 0.25) is 0 Å². The molecule has 0 saturated heterocycles. The number of halogens is 3. The normalized spacial score (nSPS) is 12.0. The fourth-order valence-corrected chi connectivity index (χ4v) is 0.559. The van der Waals surface area contributed by atoms with Crippen molar-refractivity contribution in [3.63, 3.8) is 0 Å². The molecule has 0 radical (unpaired) electrons. The second-order valence-electron chi connectivity index (χ2n) is 1.90. The van der Waals surface area contributed by atoms with Gasteiger partial charge in [-0.3, -0.25) is 5.32 Å². The van der Waals surface area contributed by atoms with Crippen LogP contribution >= 0.6 is 0 Å². The number of rotatable bonds is 1. The number of alkyl halides is 3. The van der Waals surface area contributed by atoms with Gasteiger partial charge in [-0.1, -0.05) is 5.16 Å². The summed E-state index contributed by atoms with van der Waals surface area (Å²) in [6.45, 7) is 0. The topological polar surface area (TPSA) is 42.6 Å². The standard InChI is InChI=1S/C5H5F3N2O/c1-9-4-2-3(10-11-4)5(6,7)8/h2,9H,1H3/p+1. The summed E-state index contributed by atoms with van der Waals surface area (Å²) in [5.41, 5.74) is -0.995. The molecule has 0 amide bonds. The van der Waals surface area contributed by atoms with E-state index in [1.807, 2.05) is 0 Å². The third-order valence-electron chi connectivity index (χ3n) is 1.10. The average molecular weight is 167 g/mol. The van der Waals surface area contributed by atoms with E-state index in [4.69, 9.17) is 0 Å². The molecular weight excluding hydrogens is 161 g/mol. The third kappa shape index (κ3) is 1.70. The van der Waals surface area contributed by atoms with Gasteiger partial charge in [0.05, 0.1) is 13.1 Å². The lowest BCUT2D eigenvalue weighted by Crippen LogP contribution is -2.72. The van der Waals surface area contributed by atoms with E-state index in [2.05, 4.69) is 9.68 Å². The van der Waals surface area contributed by atoms with Gasteiger partial charge in [0.25, 0.3) is 0 Å². The number of nitrogens with two attached hydrogens (primary N) is 1. The molecule has 1 aromatic rings. The van der Waals surface area contributed by atoms with Gasteiger partial charge in [-0.15, -0.1) is 0 Å². The fraction of sp³-hybridized carbons (Fsp3) is 0.400. The molecule has 0 aliphatic heterocycles. The summed E-state index contributed by atoms with van der Waals surface area (Å²) >= 11 is 0. The second kappa shape index (κ2) is 2.54. The highest BCUT2D eigenvalue weighted by molar-refractivity contribution is 5.16. The molecule has 2 N–H and O–H groups in total. The van der Waals surface area contributed by atoms with Crippen molar-refractivity contribution < 1.29 is 23.0 Å². The highest BCUT2D eigenvalue weighted by Gasteiger charge is 2.35. The van der Waals surface area contributed by atoms with Crippen LogP contribution in [0.15, 0.2) is 10.6 Å². The zero-order valence-corrected chi connectivity index (χ0v) is 5.64. The first-order valence-electron chi connectivity index (χ1n) is 2.87. The Kier molecular flexibility index (Phi) is 1.86. The van der Waals surface area contributed by atoms with Gasteiger partial charge in [-0.05, 0) is 0 Å². The highest BCUT2D eigenvalue weighted by Crippen LogP contribution is 2.28. The van der Waals surface area contributed by atoms with Crippen molar-refractivity contribution in [2.45, 2.75) is 6.18 Å². The molecule has 62 valence electrons. The first-order valence-corrected chi connectivity index (χ1v) is 2.87. The van der Waals surface area contributed by atoms with Crippen LogP contribution in [0, 0.1) is 0 Å². The van der Waals surface area contributed by atoms with Gasteiger partial charge in [0.1, 0.15) is 0 Å². The molecule has 1 rings (SSSR count). The molecule has 11 heavy (non-hydrogen) atoms. The summed E-state index contributed by atoms with van der Waals surface area (Å²) in [5.74, 6) is 0.123. The van der Waals surface area contributed by atoms with E-state index in [1.54, 1.807) is 7.05 Å². The van der Waals surface area contributed by atoms with Gasteiger partial charge in [0.15, 0.2) is 5.69 Å². The van der Waals surface area contributed by atoms with Crippen LogP contribution in [0.3, 0.4) is 0 Å². The third-order valence-corrected chi connectivity index (χ3v) is 1.10. The molecular formula is C5H6F3N2O+. The second-order valence-corrected chi connectivity index (χ2v) is 1.90. The Bertz CT molecular complexity index is 242. The maximum atomic E-state index is 11.8. The SMILES string of the molecule is C[NH2+]c1cc(C(F)(F)F)no1. The van der Waals surface area contributed by atoms with Gasteiger partial charge >= 0.3 is 12.1 Å². The van der Waals surface area contributed by atoms with E-state index in [1.165, 1.54) is 5.32 Å². The Morgan fingerprint density at radius 3 is 2.45 bits per heavy atom. The van der Waals surface area contributed by atoms with Gasteiger partial charge in [0, 0.05) is 0 Å². The molecule has 0 aliphatic carbocycles. The van der Waals surface area contributed by atoms with Crippen LogP contribution in [0.25, 0.3) is 0 Å². The zero-order valence-electron chi connectivity index (χ0n) is 5.64. The smallest absolute Gasteiger partial charge is 0.303 e. The largest absolute Gasteiger partial charge is 0.437 e. The lowest BCUT2D eigenvalue weighted by atomic mass is 10.4. The van der Waals surface area contributed by atoms with E-state index in [0.29, 0.717) is 0 Å². The van der Waals surface area contributed by atoms with Crippen LogP contribution in [0.2, 0.25) is 0 Å². The highest BCUT2D eigenvalue weighted by atomic mass is 19.4. The van der Waals surface area contributed by atoms with Crippen molar-refractivity contribution in [3.8, 4) is 0 Å². The quantitative estimate of drug-likeness (QED) is 0.662. The van der Waals surface area contributed by atoms with Gasteiger partial charge < -0.3 is 4.52 Å². The number of hydrogen-bond acceptors (Lipinski definition) is 2. The molecule has 0 unspecified atom stereocenters. The minimum absolute atomic E-state index is 0.123. The van der Waals surface area contributed by atoms with Gasteiger partial charge in [-0.2, -0.15) is 13.2 Å². The fourth-order valence-electron chi connectivity index (χ4n) is 0.559. The monoisotopic (exact) mass is 167 g/mol. The summed E-state index contributed by atoms with van der Waals surface area (Å²) in [6.07, 6.45) is -4.41. The van der Waals surface area contributed by atoms with Gasteiger partial charge in [-0.25, -0.2) is 0 Å². The summed E-state index contributed by atoms with van der Waals surface area (Å²) < 4.78 is 39.7. The number of nitrogens with zero attached hydrogens (tertiary/aromatic N) is 1. The molecule has 0 atom stereocenters. The number of aromatic nitrogens is 1. The van der Waals surface area contributed by atoms with Crippen molar-refractivity contribution in [2.24, 2.45) is 0 Å². The predicted molar refractivity (Wildman–Crippen MR) is 29.0 cm³/mol. The number of quaternary nitrogens is 1. The first-order chi connectivity index (χ1) is 5.04. The van der Waals surface area contributed by atoms with Crippen molar-refractivity contribution in [1.29, 1.82) is 0 Å². The molecule has 6 heteroatoms. The average Bonchev–Trinajstić information content (AvgIpc) is 2.32. The summed E-state index contributed by atoms with van der Waals surface area (Å²) in [5, 5.41) is 4.23. The van der Waals surface area contributed by atoms with Crippen LogP contribution < -0.4 is 5.32 Å². The minimum Gasteiger partial charge on any atom is -0.303 e. The van der Waals surface area contributed by atoms with Crippen molar-refractivity contribution in [1.82, 2.24) is 5.16 Å². The summed E-state index contributed by atoms with van der Waals surface area (Å²) in [7, 11) is 1.57. The van der Waals surface area contributed by atoms with E-state index < -0.39 is 11.9 Å². The molecule has 0 fully saturated rings. The van der Waals surface area contributed by atoms with Crippen molar-refractivity contribution >= 4 is 5.88 Å². The van der Waals surface area contributed by atoms with Crippen LogP contribution in [-0.2, 0) is 6.18 Å². The molecule has 0 saturated carbocycles. The van der Waals surface area contributed by atoms with E-state index in [9.17, 15) is 13.2 Å². The Hall–Kier alpha value is -1.04. The maximum Gasteiger partial charge on any atom is 0.437 e. The number of hydrogen-bond donors (Lipinski definition) is 1. The molecule has 0 aliphatic rings. The lowest BCUT2D eigenvalue weighted by Gasteiger charge is -1.96. The summed E-state index contributed by atoms with van der Waals surface area (Å²) in [4.78, 5) is 0. The molecule has 1 heterocycles. The van der Waals surface area contributed by atoms with Crippen molar-refractivity contribution in [3.05, 3.63) is 11.8 Å². The summed E-state index contributed by atoms with van der Waals surface area (Å²) in [6, 6.07) is 0.847. The molecule has 0 bridgehead atoms. The molecule has 0 spiro atoms. The van der Waals surface area contributed by atoms with Crippen molar-refractivity contribution in [2.75, 3.05) is 7.05 Å². The van der Waals surface area contributed by atoms with Crippen LogP contribution in [0.1, 0.15) is 5.69 Å². The molecule has 1 aromatic heterocycles.